The number of aryl methyl sites for hydroxylation is 2. The Morgan fingerprint density at radius 1 is 0.941 bits per heavy atom. The molecule has 8 heteroatoms. The Bertz CT molecular complexity index is 1320. The van der Waals surface area contributed by atoms with Crippen molar-refractivity contribution >= 4 is 28.4 Å². The first kappa shape index (κ1) is 25.0. The number of fused-ring (bicyclic) bond motifs is 1. The van der Waals surface area contributed by atoms with Gasteiger partial charge in [0.15, 0.2) is 0 Å². The van der Waals surface area contributed by atoms with Crippen LogP contribution >= 0.6 is 0 Å². The van der Waals surface area contributed by atoms with E-state index in [0.717, 1.165) is 15.7 Å². The maximum Gasteiger partial charge on any atom is 0.331 e. The van der Waals surface area contributed by atoms with E-state index in [2.05, 4.69) is 10.6 Å². The van der Waals surface area contributed by atoms with Crippen molar-refractivity contribution in [2.45, 2.75) is 66.1 Å². The standard InChI is InChI=1S/C26H32N4O4/c1-17(2)27-23(31)11-7-8-14-29-25(33)20-9-5-6-10-22(20)30(26(29)34)16-24(32)28-21-15-18(3)12-13-19(21)4/h5-6,9-10,12-13,15,17H,7-8,11,14,16H2,1-4H3,(H,27,31)(H,28,32). The van der Waals surface area contributed by atoms with Gasteiger partial charge in [-0.25, -0.2) is 4.79 Å². The SMILES string of the molecule is Cc1ccc(C)c(NC(=O)Cn2c(=O)n(CCCCC(=O)NC(C)C)c(=O)c3ccccc32)c1. The van der Waals surface area contributed by atoms with Crippen LogP contribution in [0.5, 0.6) is 0 Å². The Hall–Kier alpha value is -3.68. The average molecular weight is 465 g/mol. The van der Waals surface area contributed by atoms with Crippen LogP contribution in [0, 0.1) is 13.8 Å². The zero-order chi connectivity index (χ0) is 24.8. The van der Waals surface area contributed by atoms with E-state index in [1.165, 1.54) is 4.57 Å². The summed E-state index contributed by atoms with van der Waals surface area (Å²) in [6.07, 6.45) is 1.37. The van der Waals surface area contributed by atoms with Gasteiger partial charge < -0.3 is 10.6 Å². The minimum atomic E-state index is -0.536. The average Bonchev–Trinajstić information content (AvgIpc) is 2.78. The van der Waals surface area contributed by atoms with Crippen molar-refractivity contribution in [3.05, 3.63) is 74.4 Å². The summed E-state index contributed by atoms with van der Waals surface area (Å²) >= 11 is 0. The minimum absolute atomic E-state index is 0.0543. The van der Waals surface area contributed by atoms with Gasteiger partial charge in [-0.2, -0.15) is 0 Å². The van der Waals surface area contributed by atoms with Crippen LogP contribution in [0.4, 0.5) is 5.69 Å². The smallest absolute Gasteiger partial charge is 0.331 e. The van der Waals surface area contributed by atoms with E-state index in [-0.39, 0.29) is 30.9 Å². The van der Waals surface area contributed by atoms with Gasteiger partial charge in [-0.15, -0.1) is 0 Å². The van der Waals surface area contributed by atoms with E-state index >= 15 is 0 Å². The molecule has 0 aliphatic rings. The zero-order valence-corrected chi connectivity index (χ0v) is 20.2. The number of anilines is 1. The first-order valence-electron chi connectivity index (χ1n) is 11.6. The summed E-state index contributed by atoms with van der Waals surface area (Å²) in [6.45, 7) is 7.59. The van der Waals surface area contributed by atoms with Gasteiger partial charge >= 0.3 is 5.69 Å². The van der Waals surface area contributed by atoms with Crippen LogP contribution in [0.15, 0.2) is 52.1 Å². The van der Waals surface area contributed by atoms with Crippen molar-refractivity contribution in [1.29, 1.82) is 0 Å². The van der Waals surface area contributed by atoms with Gasteiger partial charge in [0, 0.05) is 24.7 Å². The predicted molar refractivity (Wildman–Crippen MR) is 134 cm³/mol. The number of para-hydroxylation sites is 1. The molecule has 3 aromatic rings. The number of hydrogen-bond donors (Lipinski definition) is 2. The lowest BCUT2D eigenvalue weighted by atomic mass is 10.1. The van der Waals surface area contributed by atoms with E-state index < -0.39 is 11.2 Å². The lowest BCUT2D eigenvalue weighted by Gasteiger charge is -2.15. The van der Waals surface area contributed by atoms with Crippen molar-refractivity contribution in [3.8, 4) is 0 Å². The third kappa shape index (κ3) is 6.01. The molecule has 0 aliphatic heterocycles. The first-order valence-corrected chi connectivity index (χ1v) is 11.6. The molecule has 0 aliphatic carbocycles. The molecule has 180 valence electrons. The Morgan fingerprint density at radius 3 is 2.41 bits per heavy atom. The number of rotatable bonds is 9. The number of nitrogens with one attached hydrogen (secondary N) is 2. The van der Waals surface area contributed by atoms with Crippen LogP contribution in [-0.2, 0) is 22.7 Å². The summed E-state index contributed by atoms with van der Waals surface area (Å²) in [5, 5.41) is 6.08. The quantitative estimate of drug-likeness (QED) is 0.475. The molecule has 0 bridgehead atoms. The Balaban J connectivity index is 1.84. The summed E-state index contributed by atoms with van der Waals surface area (Å²) in [5.74, 6) is -0.405. The normalized spacial score (nSPS) is 11.1. The lowest BCUT2D eigenvalue weighted by molar-refractivity contribution is -0.121. The van der Waals surface area contributed by atoms with Crippen molar-refractivity contribution in [2.75, 3.05) is 5.32 Å². The van der Waals surface area contributed by atoms with Crippen LogP contribution < -0.4 is 21.9 Å². The summed E-state index contributed by atoms with van der Waals surface area (Å²) in [7, 11) is 0. The fourth-order valence-electron chi connectivity index (χ4n) is 3.87. The van der Waals surface area contributed by atoms with Crippen molar-refractivity contribution in [2.24, 2.45) is 0 Å². The maximum absolute atomic E-state index is 13.3. The van der Waals surface area contributed by atoms with E-state index in [1.54, 1.807) is 24.3 Å². The molecule has 0 fully saturated rings. The monoisotopic (exact) mass is 464 g/mol. The fraction of sp³-hybridized carbons (Fsp3) is 0.385. The lowest BCUT2D eigenvalue weighted by Crippen LogP contribution is -2.41. The van der Waals surface area contributed by atoms with E-state index in [0.29, 0.717) is 35.9 Å². The summed E-state index contributed by atoms with van der Waals surface area (Å²) in [6, 6.07) is 12.6. The number of benzene rings is 2. The molecular formula is C26H32N4O4. The predicted octanol–water partition coefficient (Wildman–Crippen LogP) is 3.11. The van der Waals surface area contributed by atoms with Gasteiger partial charge in [0.1, 0.15) is 6.54 Å². The molecule has 34 heavy (non-hydrogen) atoms. The van der Waals surface area contributed by atoms with Crippen molar-refractivity contribution < 1.29 is 9.59 Å². The second-order valence-corrected chi connectivity index (χ2v) is 8.89. The summed E-state index contributed by atoms with van der Waals surface area (Å²) in [5.41, 5.74) is 2.11. The summed E-state index contributed by atoms with van der Waals surface area (Å²) in [4.78, 5) is 51.0. The van der Waals surface area contributed by atoms with Crippen LogP contribution in [0.3, 0.4) is 0 Å². The van der Waals surface area contributed by atoms with Gasteiger partial charge in [0.05, 0.1) is 10.9 Å². The second kappa shape index (κ2) is 11.0. The molecule has 0 unspecified atom stereocenters. The topological polar surface area (TPSA) is 102 Å². The molecule has 8 nitrogen and oxygen atoms in total. The number of aromatic nitrogens is 2. The highest BCUT2D eigenvalue weighted by Crippen LogP contribution is 2.16. The zero-order valence-electron chi connectivity index (χ0n) is 20.2. The Kier molecular flexibility index (Phi) is 8.04. The highest BCUT2D eigenvalue weighted by atomic mass is 16.2. The number of unbranched alkanes of at least 4 members (excludes halogenated alkanes) is 1. The maximum atomic E-state index is 13.3. The van der Waals surface area contributed by atoms with Gasteiger partial charge in [-0.1, -0.05) is 24.3 Å². The highest BCUT2D eigenvalue weighted by molar-refractivity contribution is 5.92. The molecule has 1 aromatic heterocycles. The molecule has 2 amide bonds. The highest BCUT2D eigenvalue weighted by Gasteiger charge is 2.16. The summed E-state index contributed by atoms with van der Waals surface area (Å²) < 4.78 is 2.50. The van der Waals surface area contributed by atoms with E-state index in [9.17, 15) is 19.2 Å². The van der Waals surface area contributed by atoms with Crippen LogP contribution in [0.2, 0.25) is 0 Å². The number of nitrogens with zero attached hydrogens (tertiary/aromatic N) is 2. The number of carbonyl (C=O) groups is 2. The van der Waals surface area contributed by atoms with Gasteiger partial charge in [0.2, 0.25) is 11.8 Å². The van der Waals surface area contributed by atoms with E-state index in [1.807, 2.05) is 45.9 Å². The van der Waals surface area contributed by atoms with Gasteiger partial charge in [-0.3, -0.25) is 23.5 Å². The molecular weight excluding hydrogens is 432 g/mol. The number of amides is 2. The van der Waals surface area contributed by atoms with Gasteiger partial charge in [0.25, 0.3) is 5.56 Å². The molecule has 1 heterocycles. The van der Waals surface area contributed by atoms with Gasteiger partial charge in [-0.05, 0) is 69.9 Å². The Labute approximate surface area is 198 Å². The van der Waals surface area contributed by atoms with Crippen LogP contribution in [0.1, 0.15) is 44.2 Å². The number of hydrogen-bond acceptors (Lipinski definition) is 4. The van der Waals surface area contributed by atoms with Crippen LogP contribution in [0.25, 0.3) is 10.9 Å². The fourth-order valence-corrected chi connectivity index (χ4v) is 3.87. The molecule has 2 N–H and O–H groups in total. The number of carbonyl (C=O) groups excluding carboxylic acids is 2. The van der Waals surface area contributed by atoms with Crippen LogP contribution in [-0.4, -0.2) is 27.0 Å². The van der Waals surface area contributed by atoms with E-state index in [4.69, 9.17) is 0 Å². The van der Waals surface area contributed by atoms with Crippen molar-refractivity contribution in [1.82, 2.24) is 14.5 Å². The molecule has 0 saturated heterocycles. The molecule has 3 rings (SSSR count). The third-order valence-electron chi connectivity index (χ3n) is 5.59. The molecule has 0 spiro atoms. The largest absolute Gasteiger partial charge is 0.354 e. The first-order chi connectivity index (χ1) is 16.2. The molecule has 2 aromatic carbocycles. The molecule has 0 atom stereocenters. The second-order valence-electron chi connectivity index (χ2n) is 8.89. The molecule has 0 saturated carbocycles. The van der Waals surface area contributed by atoms with Crippen molar-refractivity contribution in [3.63, 3.8) is 0 Å². The third-order valence-corrected chi connectivity index (χ3v) is 5.59. The Morgan fingerprint density at radius 2 is 1.68 bits per heavy atom. The molecule has 0 radical (unpaired) electrons. The minimum Gasteiger partial charge on any atom is -0.354 e.